The van der Waals surface area contributed by atoms with Crippen molar-refractivity contribution in [3.05, 3.63) is 17.8 Å². The lowest BCUT2D eigenvalue weighted by molar-refractivity contribution is 0.0697. The topological polar surface area (TPSA) is 88.2 Å². The van der Waals surface area contributed by atoms with Gasteiger partial charge in [0.2, 0.25) is 0 Å². The number of pyridine rings is 1. The van der Waals surface area contributed by atoms with Crippen LogP contribution in [-0.4, -0.2) is 34.6 Å². The number of nitrogens with zero attached hydrogens (tertiary/aromatic N) is 1. The van der Waals surface area contributed by atoms with E-state index >= 15 is 0 Å². The molecule has 0 radical (unpaired) electrons. The van der Waals surface area contributed by atoms with Gasteiger partial charge in [0, 0.05) is 12.3 Å². The smallest absolute Gasteiger partial charge is 0.339 e. The average molecular weight is 227 g/mol. The SMILES string of the molecule is CSCCNc1ncc(N)cc1C(=O)O. The van der Waals surface area contributed by atoms with Gasteiger partial charge in [-0.1, -0.05) is 0 Å². The Balaban J connectivity index is 2.81. The molecule has 82 valence electrons. The Labute approximate surface area is 92.1 Å². The lowest BCUT2D eigenvalue weighted by Gasteiger charge is -2.07. The Morgan fingerprint density at radius 1 is 1.73 bits per heavy atom. The Morgan fingerprint density at radius 3 is 3.07 bits per heavy atom. The first-order valence-electron chi connectivity index (χ1n) is 4.36. The van der Waals surface area contributed by atoms with Crippen LogP contribution in [-0.2, 0) is 0 Å². The normalized spacial score (nSPS) is 9.93. The van der Waals surface area contributed by atoms with Crippen LogP contribution < -0.4 is 11.1 Å². The molecule has 0 atom stereocenters. The van der Waals surface area contributed by atoms with Gasteiger partial charge in [-0.2, -0.15) is 11.8 Å². The number of rotatable bonds is 5. The summed E-state index contributed by atoms with van der Waals surface area (Å²) < 4.78 is 0. The van der Waals surface area contributed by atoms with Crippen molar-refractivity contribution >= 4 is 29.2 Å². The number of carboxylic acid groups (broad SMARTS) is 1. The first-order chi connectivity index (χ1) is 7.15. The third-order valence-electron chi connectivity index (χ3n) is 1.74. The van der Waals surface area contributed by atoms with Crippen LogP contribution in [0.3, 0.4) is 0 Å². The van der Waals surface area contributed by atoms with Crippen LogP contribution in [0.15, 0.2) is 12.3 Å². The maximum absolute atomic E-state index is 10.9. The molecule has 1 aromatic heterocycles. The molecule has 0 spiro atoms. The first-order valence-corrected chi connectivity index (χ1v) is 5.76. The molecular formula is C9H13N3O2S. The van der Waals surface area contributed by atoms with Crippen molar-refractivity contribution in [3.8, 4) is 0 Å². The van der Waals surface area contributed by atoms with Crippen molar-refractivity contribution in [2.45, 2.75) is 0 Å². The summed E-state index contributed by atoms with van der Waals surface area (Å²) >= 11 is 1.68. The van der Waals surface area contributed by atoms with Crippen molar-refractivity contribution < 1.29 is 9.90 Å². The van der Waals surface area contributed by atoms with E-state index in [0.717, 1.165) is 5.75 Å². The van der Waals surface area contributed by atoms with Gasteiger partial charge in [0.05, 0.1) is 11.9 Å². The number of nitrogens with one attached hydrogen (secondary N) is 1. The van der Waals surface area contributed by atoms with E-state index in [9.17, 15) is 4.79 Å². The lowest BCUT2D eigenvalue weighted by Crippen LogP contribution is -2.11. The number of anilines is 2. The fourth-order valence-electron chi connectivity index (χ4n) is 1.06. The molecule has 1 rings (SSSR count). The highest BCUT2D eigenvalue weighted by molar-refractivity contribution is 7.98. The van der Waals surface area contributed by atoms with Crippen LogP contribution in [0.25, 0.3) is 0 Å². The van der Waals surface area contributed by atoms with E-state index in [1.807, 2.05) is 6.26 Å². The van der Waals surface area contributed by atoms with Gasteiger partial charge in [-0.3, -0.25) is 0 Å². The zero-order valence-electron chi connectivity index (χ0n) is 8.36. The van der Waals surface area contributed by atoms with Gasteiger partial charge in [0.15, 0.2) is 0 Å². The largest absolute Gasteiger partial charge is 0.478 e. The third-order valence-corrected chi connectivity index (χ3v) is 2.35. The maximum Gasteiger partial charge on any atom is 0.339 e. The predicted octanol–water partition coefficient (Wildman–Crippen LogP) is 1.14. The molecule has 0 saturated heterocycles. The quantitative estimate of drug-likeness (QED) is 0.654. The summed E-state index contributed by atoms with van der Waals surface area (Å²) in [7, 11) is 0. The highest BCUT2D eigenvalue weighted by Crippen LogP contribution is 2.15. The number of nitrogen functional groups attached to an aromatic ring is 1. The van der Waals surface area contributed by atoms with Gasteiger partial charge in [0.1, 0.15) is 11.4 Å². The monoisotopic (exact) mass is 227 g/mol. The van der Waals surface area contributed by atoms with E-state index in [1.165, 1.54) is 12.3 Å². The Kier molecular flexibility index (Phi) is 4.23. The van der Waals surface area contributed by atoms with Crippen LogP contribution in [0.1, 0.15) is 10.4 Å². The molecule has 1 heterocycles. The summed E-state index contributed by atoms with van der Waals surface area (Å²) in [6.07, 6.45) is 3.42. The van der Waals surface area contributed by atoms with Crippen molar-refractivity contribution in [3.63, 3.8) is 0 Å². The molecule has 15 heavy (non-hydrogen) atoms. The summed E-state index contributed by atoms with van der Waals surface area (Å²) in [6, 6.07) is 1.40. The van der Waals surface area contributed by atoms with Crippen LogP contribution >= 0.6 is 11.8 Å². The van der Waals surface area contributed by atoms with Crippen molar-refractivity contribution in [2.75, 3.05) is 29.6 Å². The predicted molar refractivity (Wildman–Crippen MR) is 62.5 cm³/mol. The number of carboxylic acids is 1. The Morgan fingerprint density at radius 2 is 2.47 bits per heavy atom. The van der Waals surface area contributed by atoms with E-state index in [-0.39, 0.29) is 5.56 Å². The van der Waals surface area contributed by atoms with E-state index in [2.05, 4.69) is 10.3 Å². The molecule has 6 heteroatoms. The number of carbonyl (C=O) groups is 1. The molecule has 0 saturated carbocycles. The number of aromatic nitrogens is 1. The standard InChI is InChI=1S/C9H13N3O2S/c1-15-3-2-11-8-7(9(13)14)4-6(10)5-12-8/h4-5H,2-3,10H2,1H3,(H,11,12)(H,13,14). The minimum Gasteiger partial charge on any atom is -0.478 e. The second-order valence-corrected chi connectivity index (χ2v) is 3.88. The summed E-state index contributed by atoms with van der Waals surface area (Å²) in [5.74, 6) is 0.234. The highest BCUT2D eigenvalue weighted by Gasteiger charge is 2.11. The van der Waals surface area contributed by atoms with Gasteiger partial charge >= 0.3 is 5.97 Å². The molecular weight excluding hydrogens is 214 g/mol. The fourth-order valence-corrected chi connectivity index (χ4v) is 1.36. The molecule has 0 aliphatic heterocycles. The molecule has 0 aliphatic rings. The number of hydrogen-bond acceptors (Lipinski definition) is 5. The molecule has 4 N–H and O–H groups in total. The van der Waals surface area contributed by atoms with Crippen LogP contribution in [0, 0.1) is 0 Å². The van der Waals surface area contributed by atoms with Gasteiger partial charge in [-0.25, -0.2) is 9.78 Å². The summed E-state index contributed by atoms with van der Waals surface area (Å²) in [5, 5.41) is 11.9. The zero-order valence-corrected chi connectivity index (χ0v) is 9.17. The van der Waals surface area contributed by atoms with E-state index < -0.39 is 5.97 Å². The minimum atomic E-state index is -1.03. The minimum absolute atomic E-state index is 0.108. The highest BCUT2D eigenvalue weighted by atomic mass is 32.2. The maximum atomic E-state index is 10.9. The fraction of sp³-hybridized carbons (Fsp3) is 0.333. The van der Waals surface area contributed by atoms with Crippen LogP contribution in [0.5, 0.6) is 0 Å². The third kappa shape index (κ3) is 3.32. The van der Waals surface area contributed by atoms with Crippen LogP contribution in [0.4, 0.5) is 11.5 Å². The second-order valence-electron chi connectivity index (χ2n) is 2.89. The van der Waals surface area contributed by atoms with Gasteiger partial charge in [-0.05, 0) is 12.3 Å². The molecule has 5 nitrogen and oxygen atoms in total. The summed E-state index contributed by atoms with van der Waals surface area (Å²) in [5.41, 5.74) is 5.92. The molecule has 0 unspecified atom stereocenters. The van der Waals surface area contributed by atoms with Crippen molar-refractivity contribution in [2.24, 2.45) is 0 Å². The molecule has 0 fully saturated rings. The Hall–Kier alpha value is -1.43. The summed E-state index contributed by atoms with van der Waals surface area (Å²) in [6.45, 7) is 0.679. The van der Waals surface area contributed by atoms with Gasteiger partial charge in [-0.15, -0.1) is 0 Å². The van der Waals surface area contributed by atoms with Crippen molar-refractivity contribution in [1.29, 1.82) is 0 Å². The van der Waals surface area contributed by atoms with E-state index in [4.69, 9.17) is 10.8 Å². The van der Waals surface area contributed by atoms with Crippen molar-refractivity contribution in [1.82, 2.24) is 4.98 Å². The number of thioether (sulfide) groups is 1. The molecule has 1 aromatic rings. The van der Waals surface area contributed by atoms with Gasteiger partial charge in [0.25, 0.3) is 0 Å². The number of hydrogen-bond donors (Lipinski definition) is 3. The first kappa shape index (κ1) is 11.6. The summed E-state index contributed by atoms with van der Waals surface area (Å²) in [4.78, 5) is 14.8. The second kappa shape index (κ2) is 5.45. The Bertz CT molecular complexity index is 357. The zero-order chi connectivity index (χ0) is 11.3. The molecule has 0 amide bonds. The molecule has 0 aromatic carbocycles. The van der Waals surface area contributed by atoms with E-state index in [1.54, 1.807) is 11.8 Å². The molecule has 0 bridgehead atoms. The number of aromatic carboxylic acids is 1. The lowest BCUT2D eigenvalue weighted by atomic mass is 10.2. The molecule has 0 aliphatic carbocycles. The number of nitrogens with two attached hydrogens (primary N) is 1. The van der Waals surface area contributed by atoms with Gasteiger partial charge < -0.3 is 16.2 Å². The van der Waals surface area contributed by atoms with E-state index in [0.29, 0.717) is 18.1 Å². The average Bonchev–Trinajstić information content (AvgIpc) is 2.20. The van der Waals surface area contributed by atoms with Crippen LogP contribution in [0.2, 0.25) is 0 Å².